The molecular formula is C86H50N10. The Hall–Kier alpha value is -13.2. The van der Waals surface area contributed by atoms with E-state index in [9.17, 15) is 0 Å². The second kappa shape index (κ2) is 19.2. The number of benzene rings is 13. The van der Waals surface area contributed by atoms with Gasteiger partial charge in [0.1, 0.15) is 22.1 Å². The van der Waals surface area contributed by atoms with E-state index in [1.54, 1.807) is 0 Å². The predicted molar refractivity (Wildman–Crippen MR) is 396 cm³/mol. The summed E-state index contributed by atoms with van der Waals surface area (Å²) in [5.41, 5.74) is 16.9. The predicted octanol–water partition coefficient (Wildman–Crippen LogP) is 21.3. The largest absolute Gasteiger partial charge is 0.306 e. The van der Waals surface area contributed by atoms with E-state index in [4.69, 9.17) is 19.9 Å². The maximum Gasteiger partial charge on any atom is 0.182 e. The van der Waals surface area contributed by atoms with Crippen molar-refractivity contribution in [3.63, 3.8) is 0 Å². The van der Waals surface area contributed by atoms with E-state index in [2.05, 4.69) is 331 Å². The SMILES string of the molecule is c1ccc2c(c1)c1ccccc1n2-c1cc2c(nc1-n1c3ccccc3c3ccccc31)c1nc(-n3c4ccccc4c4ccccc43)c(-n3c4ccccc4c4ccccc43)cc1c1nc(-n3c4ccccc4c4ccccc43)c(-n3c4ccccc4c4ccccc43)nc21. The van der Waals surface area contributed by atoms with Crippen molar-refractivity contribution in [3.8, 4) is 34.6 Å². The Bertz CT molecular complexity index is 5720. The van der Waals surface area contributed by atoms with Crippen molar-refractivity contribution in [3.05, 3.63) is 303 Å². The lowest BCUT2D eigenvalue weighted by atomic mass is 10.0. The van der Waals surface area contributed by atoms with Crippen LogP contribution in [-0.2, 0) is 0 Å². The van der Waals surface area contributed by atoms with Gasteiger partial charge in [-0.2, -0.15) is 0 Å². The fourth-order valence-electron chi connectivity index (χ4n) is 16.4. The molecule has 0 saturated carbocycles. The van der Waals surface area contributed by atoms with Crippen LogP contribution in [0.25, 0.3) is 198 Å². The highest BCUT2D eigenvalue weighted by molar-refractivity contribution is 6.24. The Morgan fingerprint density at radius 1 is 0.146 bits per heavy atom. The summed E-state index contributed by atoms with van der Waals surface area (Å²) in [5, 5.41) is 15.2. The summed E-state index contributed by atoms with van der Waals surface area (Å²) < 4.78 is 14.3. The average molecular weight is 1220 g/mol. The fraction of sp³-hybridized carbons (Fsp3) is 0. The van der Waals surface area contributed by atoms with Crippen molar-refractivity contribution in [1.29, 1.82) is 0 Å². The molecule has 22 rings (SSSR count). The van der Waals surface area contributed by atoms with Gasteiger partial charge in [-0.05, 0) is 84.9 Å². The Morgan fingerprint density at radius 2 is 0.292 bits per heavy atom. The number of para-hydroxylation sites is 12. The van der Waals surface area contributed by atoms with Crippen LogP contribution in [0.5, 0.6) is 0 Å². The third-order valence-corrected chi connectivity index (χ3v) is 20.4. The van der Waals surface area contributed by atoms with Gasteiger partial charge in [-0.25, -0.2) is 19.9 Å². The molecule has 0 spiro atoms. The van der Waals surface area contributed by atoms with Crippen molar-refractivity contribution >= 4 is 164 Å². The number of fused-ring (bicyclic) bond motifs is 24. The minimum atomic E-state index is 0.675. The molecule has 0 unspecified atom stereocenters. The first-order valence-electron chi connectivity index (χ1n) is 32.6. The molecule has 22 aromatic rings. The normalized spacial score (nSPS) is 12.4. The first kappa shape index (κ1) is 51.4. The Kier molecular flexibility index (Phi) is 10.3. The molecule has 9 heterocycles. The molecule has 0 fully saturated rings. The molecule has 0 bridgehead atoms. The Labute approximate surface area is 545 Å². The van der Waals surface area contributed by atoms with E-state index in [1.807, 2.05) is 0 Å². The minimum absolute atomic E-state index is 0.675. The topological polar surface area (TPSA) is 81.1 Å². The summed E-state index contributed by atoms with van der Waals surface area (Å²) in [4.78, 5) is 25.3. The van der Waals surface area contributed by atoms with Crippen LogP contribution >= 0.6 is 0 Å². The van der Waals surface area contributed by atoms with Crippen molar-refractivity contribution in [2.24, 2.45) is 0 Å². The van der Waals surface area contributed by atoms with Gasteiger partial charge in [0.2, 0.25) is 0 Å². The Morgan fingerprint density at radius 3 is 0.479 bits per heavy atom. The summed E-state index contributed by atoms with van der Waals surface area (Å²) in [6.07, 6.45) is 0. The molecule has 0 aliphatic heterocycles. The van der Waals surface area contributed by atoms with Crippen LogP contribution in [0.2, 0.25) is 0 Å². The zero-order valence-corrected chi connectivity index (χ0v) is 51.3. The summed E-state index contributed by atoms with van der Waals surface area (Å²) in [5.74, 6) is 2.84. The van der Waals surface area contributed by atoms with Crippen LogP contribution in [0.3, 0.4) is 0 Å². The molecule has 0 amide bonds. The smallest absolute Gasteiger partial charge is 0.182 e. The van der Waals surface area contributed by atoms with Gasteiger partial charge < -0.3 is 9.13 Å². The first-order chi connectivity index (χ1) is 47.7. The maximum absolute atomic E-state index is 6.34. The van der Waals surface area contributed by atoms with Crippen LogP contribution < -0.4 is 0 Å². The van der Waals surface area contributed by atoms with E-state index in [0.29, 0.717) is 33.7 Å². The van der Waals surface area contributed by atoms with E-state index < -0.39 is 0 Å². The highest BCUT2D eigenvalue weighted by Gasteiger charge is 2.30. The number of nitrogens with zero attached hydrogens (tertiary/aromatic N) is 10. The minimum Gasteiger partial charge on any atom is -0.306 e. The van der Waals surface area contributed by atoms with Gasteiger partial charge in [0.15, 0.2) is 23.3 Å². The summed E-state index contributed by atoms with van der Waals surface area (Å²) in [7, 11) is 0. The quantitative estimate of drug-likeness (QED) is 0.155. The molecule has 13 aromatic carbocycles. The highest BCUT2D eigenvalue weighted by Crippen LogP contribution is 2.47. The fourth-order valence-corrected chi connectivity index (χ4v) is 16.4. The number of rotatable bonds is 6. The van der Waals surface area contributed by atoms with Gasteiger partial charge >= 0.3 is 0 Å². The third-order valence-electron chi connectivity index (χ3n) is 20.4. The van der Waals surface area contributed by atoms with Crippen LogP contribution in [0.4, 0.5) is 0 Å². The molecule has 10 nitrogen and oxygen atoms in total. The summed E-state index contributed by atoms with van der Waals surface area (Å²) in [6.45, 7) is 0. The average Bonchev–Trinajstić information content (AvgIpc) is 1.43. The molecule has 0 aliphatic carbocycles. The zero-order chi connectivity index (χ0) is 62.4. The van der Waals surface area contributed by atoms with Crippen LogP contribution in [0, 0.1) is 0 Å². The first-order valence-corrected chi connectivity index (χ1v) is 32.6. The van der Waals surface area contributed by atoms with Crippen LogP contribution in [0.15, 0.2) is 303 Å². The van der Waals surface area contributed by atoms with Gasteiger partial charge in [0, 0.05) is 75.4 Å². The second-order valence-corrected chi connectivity index (χ2v) is 25.2. The highest BCUT2D eigenvalue weighted by atomic mass is 15.2. The van der Waals surface area contributed by atoms with Gasteiger partial charge in [0.05, 0.1) is 77.6 Å². The van der Waals surface area contributed by atoms with Crippen LogP contribution in [0.1, 0.15) is 0 Å². The lowest BCUT2D eigenvalue weighted by molar-refractivity contribution is 0.997. The monoisotopic (exact) mass is 1220 g/mol. The number of hydrogen-bond acceptors (Lipinski definition) is 4. The summed E-state index contributed by atoms with van der Waals surface area (Å²) in [6, 6.07) is 109. The van der Waals surface area contributed by atoms with E-state index in [0.717, 1.165) is 165 Å². The number of hydrogen-bond donors (Lipinski definition) is 0. The van der Waals surface area contributed by atoms with Crippen LogP contribution in [-0.4, -0.2) is 47.3 Å². The molecule has 10 heteroatoms. The van der Waals surface area contributed by atoms with Crippen molar-refractivity contribution in [2.75, 3.05) is 0 Å². The molecule has 0 radical (unpaired) electrons. The number of pyridine rings is 2. The molecule has 0 saturated heterocycles. The molecule has 0 atom stereocenters. The molecule has 0 N–H and O–H groups in total. The molecule has 444 valence electrons. The molecular weight excluding hydrogens is 1170 g/mol. The van der Waals surface area contributed by atoms with Gasteiger partial charge in [-0.1, -0.05) is 218 Å². The Balaban J connectivity index is 1.02. The molecule has 0 aliphatic rings. The van der Waals surface area contributed by atoms with E-state index in [-0.39, 0.29) is 0 Å². The second-order valence-electron chi connectivity index (χ2n) is 25.2. The third kappa shape index (κ3) is 6.82. The van der Waals surface area contributed by atoms with Gasteiger partial charge in [-0.15, -0.1) is 0 Å². The van der Waals surface area contributed by atoms with Gasteiger partial charge in [-0.3, -0.25) is 18.3 Å². The lowest BCUT2D eigenvalue weighted by Gasteiger charge is -2.21. The van der Waals surface area contributed by atoms with E-state index in [1.165, 1.54) is 0 Å². The van der Waals surface area contributed by atoms with Crippen molar-refractivity contribution in [1.82, 2.24) is 47.3 Å². The van der Waals surface area contributed by atoms with E-state index >= 15 is 0 Å². The van der Waals surface area contributed by atoms with Crippen molar-refractivity contribution in [2.45, 2.75) is 0 Å². The lowest BCUT2D eigenvalue weighted by Crippen LogP contribution is -2.12. The zero-order valence-electron chi connectivity index (χ0n) is 51.3. The number of aromatic nitrogens is 10. The summed E-state index contributed by atoms with van der Waals surface area (Å²) >= 11 is 0. The van der Waals surface area contributed by atoms with Gasteiger partial charge in [0.25, 0.3) is 0 Å². The van der Waals surface area contributed by atoms with Crippen molar-refractivity contribution < 1.29 is 0 Å². The molecule has 9 aromatic heterocycles. The standard InChI is InChI=1S/C86H50N10/c1-13-37-65-51(25-1)52-26-2-14-38-66(52)91(65)77-49-63-79(87-83(77)93-69-41-17-5-29-55(69)56-30-6-18-42-70(56)93)80-64(50-78(92-67-39-15-3-27-53(67)54-28-4-16-40-68(54)92)84(88-80)94-71-43-19-7-31-57(71)58-32-8-20-44-72(58)94)82-81(63)89-85(95-73-45-21-9-33-59(73)60-34-10-22-46-74(60)95)86(90-82)96-75-47-23-11-35-61(75)62-36-12-24-48-76(62)96/h1-50H. The maximum atomic E-state index is 6.34. The molecule has 96 heavy (non-hydrogen) atoms.